The van der Waals surface area contributed by atoms with Crippen molar-refractivity contribution in [1.82, 2.24) is 9.97 Å². The summed E-state index contributed by atoms with van der Waals surface area (Å²) in [7, 11) is 0. The summed E-state index contributed by atoms with van der Waals surface area (Å²) in [5.41, 5.74) is 2.04. The number of hydrogen-bond donors (Lipinski definition) is 1. The van der Waals surface area contributed by atoms with Crippen LogP contribution >= 0.6 is 11.6 Å². The Morgan fingerprint density at radius 3 is 2.68 bits per heavy atom. The monoisotopic (exact) mass is 277 g/mol. The molecule has 2 rings (SSSR count). The van der Waals surface area contributed by atoms with E-state index >= 15 is 0 Å². The van der Waals surface area contributed by atoms with E-state index < -0.39 is 0 Å². The molecular formula is C14H16ClN3O. The molecule has 4 nitrogen and oxygen atoms in total. The molecule has 0 fully saturated rings. The highest BCUT2D eigenvalue weighted by atomic mass is 35.5. The maximum atomic E-state index is 5.75. The molecule has 19 heavy (non-hydrogen) atoms. The van der Waals surface area contributed by atoms with Crippen LogP contribution in [0.4, 0.5) is 11.5 Å². The second kappa shape index (κ2) is 6.95. The molecule has 1 heterocycles. The van der Waals surface area contributed by atoms with Crippen LogP contribution in [0.15, 0.2) is 36.7 Å². The summed E-state index contributed by atoms with van der Waals surface area (Å²) < 4.78 is 5.46. The van der Waals surface area contributed by atoms with Crippen molar-refractivity contribution < 1.29 is 4.74 Å². The number of anilines is 2. The number of aromatic nitrogens is 2. The molecule has 0 atom stereocenters. The second-order valence-corrected chi connectivity index (χ2v) is 4.31. The lowest BCUT2D eigenvalue weighted by Crippen LogP contribution is -2.00. The number of ether oxygens (including phenoxy) is 1. The van der Waals surface area contributed by atoms with Crippen molar-refractivity contribution in [3.8, 4) is 5.88 Å². The number of nitrogens with zero attached hydrogens (tertiary/aromatic N) is 2. The lowest BCUT2D eigenvalue weighted by Gasteiger charge is -2.08. The van der Waals surface area contributed by atoms with E-state index in [1.54, 1.807) is 6.07 Å². The first-order valence-corrected chi connectivity index (χ1v) is 6.72. The molecule has 2 aromatic rings. The summed E-state index contributed by atoms with van der Waals surface area (Å²) in [6, 6.07) is 9.67. The molecule has 0 saturated carbocycles. The van der Waals surface area contributed by atoms with Crippen molar-refractivity contribution in [3.05, 3.63) is 42.2 Å². The Bertz CT molecular complexity index is 516. The molecule has 1 aromatic heterocycles. The Morgan fingerprint density at radius 2 is 2.00 bits per heavy atom. The van der Waals surface area contributed by atoms with Crippen LogP contribution in [0.3, 0.4) is 0 Å². The Labute approximate surface area is 117 Å². The third-order valence-corrected chi connectivity index (χ3v) is 2.79. The van der Waals surface area contributed by atoms with Crippen molar-refractivity contribution in [3.63, 3.8) is 0 Å². The molecule has 0 amide bonds. The molecule has 0 aliphatic heterocycles. The Morgan fingerprint density at radius 1 is 1.21 bits per heavy atom. The van der Waals surface area contributed by atoms with Gasteiger partial charge in [0.15, 0.2) is 0 Å². The normalized spacial score (nSPS) is 10.2. The van der Waals surface area contributed by atoms with Crippen LogP contribution in [0.2, 0.25) is 0 Å². The highest BCUT2D eigenvalue weighted by Gasteiger charge is 2.00. The minimum Gasteiger partial charge on any atom is -0.478 e. The lowest BCUT2D eigenvalue weighted by molar-refractivity contribution is 0.305. The van der Waals surface area contributed by atoms with Crippen molar-refractivity contribution in [2.24, 2.45) is 0 Å². The van der Waals surface area contributed by atoms with Crippen molar-refractivity contribution in [1.29, 1.82) is 0 Å². The second-order valence-electron chi connectivity index (χ2n) is 4.05. The van der Waals surface area contributed by atoms with E-state index in [0.717, 1.165) is 17.7 Å². The first-order valence-electron chi connectivity index (χ1n) is 6.18. The predicted molar refractivity (Wildman–Crippen MR) is 77.1 cm³/mol. The molecule has 0 spiro atoms. The summed E-state index contributed by atoms with van der Waals surface area (Å²) in [6.45, 7) is 2.71. The van der Waals surface area contributed by atoms with Crippen molar-refractivity contribution in [2.75, 3.05) is 11.9 Å². The van der Waals surface area contributed by atoms with Crippen LogP contribution < -0.4 is 10.1 Å². The van der Waals surface area contributed by atoms with E-state index in [1.807, 2.05) is 24.3 Å². The van der Waals surface area contributed by atoms with E-state index in [0.29, 0.717) is 24.2 Å². The average Bonchev–Trinajstić information content (AvgIpc) is 2.46. The molecule has 100 valence electrons. The Kier molecular flexibility index (Phi) is 4.98. The molecule has 5 heteroatoms. The van der Waals surface area contributed by atoms with Crippen molar-refractivity contribution >= 4 is 23.1 Å². The van der Waals surface area contributed by atoms with Gasteiger partial charge in [0.25, 0.3) is 0 Å². The van der Waals surface area contributed by atoms with E-state index in [9.17, 15) is 0 Å². The van der Waals surface area contributed by atoms with Crippen LogP contribution in [0, 0.1) is 0 Å². The molecule has 0 radical (unpaired) electrons. The largest absolute Gasteiger partial charge is 0.478 e. The summed E-state index contributed by atoms with van der Waals surface area (Å²) in [4.78, 5) is 8.21. The van der Waals surface area contributed by atoms with Gasteiger partial charge in [-0.2, -0.15) is 0 Å². The Hall–Kier alpha value is -1.81. The van der Waals surface area contributed by atoms with E-state index in [2.05, 4.69) is 22.2 Å². The zero-order valence-electron chi connectivity index (χ0n) is 10.8. The van der Waals surface area contributed by atoms with Gasteiger partial charge in [0.1, 0.15) is 12.1 Å². The first kappa shape index (κ1) is 13.6. The smallest absolute Gasteiger partial charge is 0.218 e. The van der Waals surface area contributed by atoms with Crippen LogP contribution in [0.25, 0.3) is 0 Å². The molecule has 0 aliphatic carbocycles. The van der Waals surface area contributed by atoms with Gasteiger partial charge in [0, 0.05) is 17.6 Å². The number of halogens is 1. The van der Waals surface area contributed by atoms with Gasteiger partial charge < -0.3 is 10.1 Å². The standard InChI is InChI=1S/C14H16ClN3O/c1-2-7-19-14-8-13(16-10-17-14)18-12-5-3-11(9-15)4-6-12/h3-6,8,10H,2,7,9H2,1H3,(H,16,17,18). The minimum absolute atomic E-state index is 0.517. The first-order chi connectivity index (χ1) is 9.31. The summed E-state index contributed by atoms with van der Waals surface area (Å²) in [5, 5.41) is 3.20. The van der Waals surface area contributed by atoms with Crippen LogP contribution in [-0.4, -0.2) is 16.6 Å². The topological polar surface area (TPSA) is 47.0 Å². The van der Waals surface area contributed by atoms with Crippen molar-refractivity contribution in [2.45, 2.75) is 19.2 Å². The third kappa shape index (κ3) is 4.10. The molecule has 0 aliphatic rings. The highest BCUT2D eigenvalue weighted by Crippen LogP contribution is 2.18. The quantitative estimate of drug-likeness (QED) is 0.817. The molecule has 0 unspecified atom stereocenters. The number of benzene rings is 1. The SMILES string of the molecule is CCCOc1cc(Nc2ccc(CCl)cc2)ncn1. The number of alkyl halides is 1. The van der Waals surface area contributed by atoms with Crippen LogP contribution in [0.1, 0.15) is 18.9 Å². The Balaban J connectivity index is 2.05. The van der Waals surface area contributed by atoms with Gasteiger partial charge in [-0.1, -0.05) is 19.1 Å². The minimum atomic E-state index is 0.517. The zero-order chi connectivity index (χ0) is 13.5. The van der Waals surface area contributed by atoms with Gasteiger partial charge in [0.2, 0.25) is 5.88 Å². The van der Waals surface area contributed by atoms with Gasteiger partial charge in [0.05, 0.1) is 6.61 Å². The average molecular weight is 278 g/mol. The number of nitrogens with one attached hydrogen (secondary N) is 1. The fourth-order valence-corrected chi connectivity index (χ4v) is 1.70. The van der Waals surface area contributed by atoms with Gasteiger partial charge in [-0.25, -0.2) is 9.97 Å². The number of rotatable bonds is 6. The molecular weight excluding hydrogens is 262 g/mol. The van der Waals surface area contributed by atoms with Gasteiger partial charge in [-0.15, -0.1) is 11.6 Å². The van der Waals surface area contributed by atoms with Crippen LogP contribution in [0.5, 0.6) is 5.88 Å². The van der Waals surface area contributed by atoms with Gasteiger partial charge in [-0.3, -0.25) is 0 Å². The molecule has 1 N–H and O–H groups in total. The summed E-state index contributed by atoms with van der Waals surface area (Å²) >= 11 is 5.75. The van der Waals surface area contributed by atoms with Gasteiger partial charge in [-0.05, 0) is 24.1 Å². The zero-order valence-corrected chi connectivity index (χ0v) is 11.5. The lowest BCUT2D eigenvalue weighted by atomic mass is 10.2. The molecule has 0 bridgehead atoms. The van der Waals surface area contributed by atoms with E-state index in [1.165, 1.54) is 6.33 Å². The maximum absolute atomic E-state index is 5.75. The van der Waals surface area contributed by atoms with Gasteiger partial charge >= 0.3 is 0 Å². The fourth-order valence-electron chi connectivity index (χ4n) is 1.52. The van der Waals surface area contributed by atoms with Crippen LogP contribution in [-0.2, 0) is 5.88 Å². The maximum Gasteiger partial charge on any atom is 0.218 e. The molecule has 1 aromatic carbocycles. The highest BCUT2D eigenvalue weighted by molar-refractivity contribution is 6.17. The summed E-state index contributed by atoms with van der Waals surface area (Å²) in [5.74, 6) is 1.81. The molecule has 0 saturated heterocycles. The third-order valence-electron chi connectivity index (χ3n) is 2.48. The number of hydrogen-bond acceptors (Lipinski definition) is 4. The summed E-state index contributed by atoms with van der Waals surface area (Å²) in [6.07, 6.45) is 2.44. The van der Waals surface area contributed by atoms with E-state index in [-0.39, 0.29) is 0 Å². The fraction of sp³-hybridized carbons (Fsp3) is 0.286. The predicted octanol–water partition coefficient (Wildman–Crippen LogP) is 3.75. The van der Waals surface area contributed by atoms with E-state index in [4.69, 9.17) is 16.3 Å².